The fourth-order valence-electron chi connectivity index (χ4n) is 1.62. The van der Waals surface area contributed by atoms with Crippen LogP contribution in [0.15, 0.2) is 11.4 Å². The SMILES string of the molecule is COCC(O)(CCCN)c1csc(C)c1. The first-order chi connectivity index (χ1) is 7.12. The molecule has 1 unspecified atom stereocenters. The standard InChI is InChI=1S/C11H19NO2S/c1-9-6-10(7-15-9)11(13,8-14-2)4-3-5-12/h6-7,13H,3-5,8,12H2,1-2H3. The summed E-state index contributed by atoms with van der Waals surface area (Å²) in [6.45, 7) is 2.95. The summed E-state index contributed by atoms with van der Waals surface area (Å²) in [7, 11) is 1.60. The summed E-state index contributed by atoms with van der Waals surface area (Å²) in [5.41, 5.74) is 5.53. The molecule has 0 aliphatic carbocycles. The van der Waals surface area contributed by atoms with Crippen LogP contribution in [0.1, 0.15) is 23.3 Å². The number of hydrogen-bond donors (Lipinski definition) is 2. The second-order valence-corrected chi connectivity index (χ2v) is 4.92. The molecule has 1 atom stereocenters. The lowest BCUT2D eigenvalue weighted by atomic mass is 9.92. The van der Waals surface area contributed by atoms with Gasteiger partial charge in [0.05, 0.1) is 6.61 Å². The first-order valence-electron chi connectivity index (χ1n) is 5.09. The predicted octanol–water partition coefficient (Wildman–Crippen LogP) is 1.63. The van der Waals surface area contributed by atoms with Crippen LogP contribution in [0.2, 0.25) is 0 Å². The molecule has 3 nitrogen and oxygen atoms in total. The zero-order chi connectivity index (χ0) is 11.3. The Labute approximate surface area is 94.9 Å². The van der Waals surface area contributed by atoms with Gasteiger partial charge < -0.3 is 15.6 Å². The number of rotatable bonds is 6. The average Bonchev–Trinajstić information content (AvgIpc) is 2.63. The Kier molecular flexibility index (Phi) is 4.73. The Balaban J connectivity index is 2.79. The van der Waals surface area contributed by atoms with Crippen LogP contribution in [0.3, 0.4) is 0 Å². The predicted molar refractivity (Wildman–Crippen MR) is 63.1 cm³/mol. The molecule has 0 saturated heterocycles. The molecule has 1 heterocycles. The van der Waals surface area contributed by atoms with Crippen molar-refractivity contribution in [3.8, 4) is 0 Å². The molecule has 1 rings (SSSR count). The zero-order valence-electron chi connectivity index (χ0n) is 9.32. The summed E-state index contributed by atoms with van der Waals surface area (Å²) in [6, 6.07) is 2.01. The number of thiophene rings is 1. The lowest BCUT2D eigenvalue weighted by Gasteiger charge is -2.26. The van der Waals surface area contributed by atoms with Crippen molar-refractivity contribution >= 4 is 11.3 Å². The molecule has 3 N–H and O–H groups in total. The van der Waals surface area contributed by atoms with Crippen molar-refractivity contribution in [3.63, 3.8) is 0 Å². The van der Waals surface area contributed by atoms with Crippen molar-refractivity contribution in [2.24, 2.45) is 5.73 Å². The van der Waals surface area contributed by atoms with Crippen LogP contribution in [-0.2, 0) is 10.3 Å². The van der Waals surface area contributed by atoms with Crippen molar-refractivity contribution < 1.29 is 9.84 Å². The summed E-state index contributed by atoms with van der Waals surface area (Å²) in [5.74, 6) is 0. The molecular weight excluding hydrogens is 210 g/mol. The van der Waals surface area contributed by atoms with Crippen molar-refractivity contribution in [2.45, 2.75) is 25.4 Å². The van der Waals surface area contributed by atoms with Gasteiger partial charge in [-0.15, -0.1) is 11.3 Å². The van der Waals surface area contributed by atoms with Crippen LogP contribution < -0.4 is 5.73 Å². The molecule has 1 aromatic heterocycles. The topological polar surface area (TPSA) is 55.5 Å². The lowest BCUT2D eigenvalue weighted by Crippen LogP contribution is -2.31. The van der Waals surface area contributed by atoms with Gasteiger partial charge in [-0.1, -0.05) is 0 Å². The average molecular weight is 229 g/mol. The van der Waals surface area contributed by atoms with Crippen molar-refractivity contribution in [1.29, 1.82) is 0 Å². The van der Waals surface area contributed by atoms with Gasteiger partial charge in [-0.2, -0.15) is 0 Å². The minimum absolute atomic E-state index is 0.323. The molecule has 0 bridgehead atoms. The maximum atomic E-state index is 10.5. The van der Waals surface area contributed by atoms with Gasteiger partial charge >= 0.3 is 0 Å². The zero-order valence-corrected chi connectivity index (χ0v) is 10.1. The molecule has 86 valence electrons. The molecule has 1 aromatic rings. The number of aryl methyl sites for hydroxylation is 1. The van der Waals surface area contributed by atoms with E-state index in [1.54, 1.807) is 18.4 Å². The summed E-state index contributed by atoms with van der Waals surface area (Å²) < 4.78 is 5.08. The first-order valence-corrected chi connectivity index (χ1v) is 5.97. The number of hydrogen-bond acceptors (Lipinski definition) is 4. The fourth-order valence-corrected chi connectivity index (χ4v) is 2.42. The van der Waals surface area contributed by atoms with Gasteiger partial charge in [0, 0.05) is 12.0 Å². The number of nitrogens with two attached hydrogens (primary N) is 1. The first kappa shape index (κ1) is 12.6. The van der Waals surface area contributed by atoms with Gasteiger partial charge in [0.2, 0.25) is 0 Å². The largest absolute Gasteiger partial charge is 0.383 e. The second kappa shape index (κ2) is 5.61. The van der Waals surface area contributed by atoms with Crippen molar-refractivity contribution in [1.82, 2.24) is 0 Å². The highest BCUT2D eigenvalue weighted by Crippen LogP contribution is 2.30. The monoisotopic (exact) mass is 229 g/mol. The molecular formula is C11H19NO2S. The molecule has 0 aromatic carbocycles. The van der Waals surface area contributed by atoms with Crippen LogP contribution in [0.4, 0.5) is 0 Å². The van der Waals surface area contributed by atoms with Gasteiger partial charge in [0.25, 0.3) is 0 Å². The Morgan fingerprint density at radius 1 is 1.60 bits per heavy atom. The number of methoxy groups -OCH3 is 1. The highest BCUT2D eigenvalue weighted by Gasteiger charge is 2.29. The number of ether oxygens (including phenoxy) is 1. The second-order valence-electron chi connectivity index (χ2n) is 3.80. The van der Waals surface area contributed by atoms with Crippen LogP contribution >= 0.6 is 11.3 Å². The molecule has 4 heteroatoms. The van der Waals surface area contributed by atoms with Crippen molar-refractivity contribution in [3.05, 3.63) is 21.9 Å². The van der Waals surface area contributed by atoms with E-state index < -0.39 is 5.60 Å². The third-order valence-electron chi connectivity index (χ3n) is 2.45. The van der Waals surface area contributed by atoms with E-state index in [9.17, 15) is 5.11 Å². The van der Waals surface area contributed by atoms with Gasteiger partial charge in [0.15, 0.2) is 0 Å². The van der Waals surface area contributed by atoms with Gasteiger partial charge in [0.1, 0.15) is 5.60 Å². The van der Waals surface area contributed by atoms with E-state index in [0.29, 0.717) is 19.6 Å². The Hall–Kier alpha value is -0.420. The van der Waals surface area contributed by atoms with E-state index in [2.05, 4.69) is 0 Å². The van der Waals surface area contributed by atoms with E-state index in [1.165, 1.54) is 4.88 Å². The maximum absolute atomic E-state index is 10.5. The van der Waals surface area contributed by atoms with E-state index >= 15 is 0 Å². The minimum atomic E-state index is -0.876. The third kappa shape index (κ3) is 3.28. The summed E-state index contributed by atoms with van der Waals surface area (Å²) in [6.07, 6.45) is 1.45. The van der Waals surface area contributed by atoms with Gasteiger partial charge in [-0.05, 0) is 43.3 Å². The van der Waals surface area contributed by atoms with Crippen LogP contribution in [0.5, 0.6) is 0 Å². The third-order valence-corrected chi connectivity index (χ3v) is 3.31. The highest BCUT2D eigenvalue weighted by atomic mass is 32.1. The highest BCUT2D eigenvalue weighted by molar-refractivity contribution is 7.10. The Morgan fingerprint density at radius 2 is 2.33 bits per heavy atom. The lowest BCUT2D eigenvalue weighted by molar-refractivity contribution is -0.0426. The molecule has 0 spiro atoms. The molecule has 0 fully saturated rings. The van der Waals surface area contributed by atoms with Crippen LogP contribution in [0, 0.1) is 6.92 Å². The molecule has 15 heavy (non-hydrogen) atoms. The molecule has 0 saturated carbocycles. The van der Waals surface area contributed by atoms with E-state index in [-0.39, 0.29) is 0 Å². The summed E-state index contributed by atoms with van der Waals surface area (Å²) >= 11 is 1.64. The minimum Gasteiger partial charge on any atom is -0.383 e. The summed E-state index contributed by atoms with van der Waals surface area (Å²) in [4.78, 5) is 1.20. The van der Waals surface area contributed by atoms with Gasteiger partial charge in [-0.3, -0.25) is 0 Å². The number of aliphatic hydroxyl groups is 1. The van der Waals surface area contributed by atoms with Gasteiger partial charge in [-0.25, -0.2) is 0 Å². The fraction of sp³-hybridized carbons (Fsp3) is 0.636. The Morgan fingerprint density at radius 3 is 2.80 bits per heavy atom. The van der Waals surface area contributed by atoms with E-state index in [4.69, 9.17) is 10.5 Å². The molecule has 0 radical (unpaired) electrons. The maximum Gasteiger partial charge on any atom is 0.114 e. The Bertz CT molecular complexity index is 301. The van der Waals surface area contributed by atoms with E-state index in [0.717, 1.165) is 12.0 Å². The van der Waals surface area contributed by atoms with Crippen LogP contribution in [-0.4, -0.2) is 25.4 Å². The normalized spacial score (nSPS) is 15.2. The molecule has 0 aliphatic rings. The summed E-state index contributed by atoms with van der Waals surface area (Å²) in [5, 5.41) is 12.4. The van der Waals surface area contributed by atoms with Crippen molar-refractivity contribution in [2.75, 3.05) is 20.3 Å². The molecule has 0 aliphatic heterocycles. The van der Waals surface area contributed by atoms with E-state index in [1.807, 2.05) is 18.4 Å². The quantitative estimate of drug-likeness (QED) is 0.779. The van der Waals surface area contributed by atoms with Crippen LogP contribution in [0.25, 0.3) is 0 Å². The smallest absolute Gasteiger partial charge is 0.114 e. The molecule has 0 amide bonds.